The van der Waals surface area contributed by atoms with Crippen molar-refractivity contribution in [3.8, 4) is 16.9 Å². The smallest absolute Gasteiger partial charge is 0.271 e. The lowest BCUT2D eigenvalue weighted by molar-refractivity contribution is 0.0959. The molecule has 0 spiro atoms. The molecule has 0 aliphatic rings. The van der Waals surface area contributed by atoms with Gasteiger partial charge in [-0.05, 0) is 25.1 Å². The van der Waals surface area contributed by atoms with E-state index in [0.717, 1.165) is 28.3 Å². The van der Waals surface area contributed by atoms with E-state index in [9.17, 15) is 4.79 Å². The van der Waals surface area contributed by atoms with Crippen molar-refractivity contribution < 1.29 is 4.79 Å². The SMILES string of the molecule is CNC(=O)c1ncc(-c2nn(-c3ccccc3)c(NC)c2C)cc1NC. The minimum absolute atomic E-state index is 0.233. The third kappa shape index (κ3) is 2.99. The van der Waals surface area contributed by atoms with Gasteiger partial charge in [-0.3, -0.25) is 4.79 Å². The molecule has 3 aromatic rings. The summed E-state index contributed by atoms with van der Waals surface area (Å²) in [6, 6.07) is 11.8. The lowest BCUT2D eigenvalue weighted by Gasteiger charge is -2.09. The van der Waals surface area contributed by atoms with Crippen LogP contribution in [0.2, 0.25) is 0 Å². The second-order valence-electron chi connectivity index (χ2n) is 5.77. The molecule has 7 nitrogen and oxygen atoms in total. The third-order valence-corrected chi connectivity index (χ3v) is 4.23. The Kier molecular flexibility index (Phi) is 4.88. The van der Waals surface area contributed by atoms with Crippen LogP contribution in [0.15, 0.2) is 42.6 Å². The Balaban J connectivity index is 2.13. The number of nitrogens with zero attached hydrogens (tertiary/aromatic N) is 3. The summed E-state index contributed by atoms with van der Waals surface area (Å²) in [5, 5.41) is 13.6. The summed E-state index contributed by atoms with van der Waals surface area (Å²) < 4.78 is 1.87. The largest absolute Gasteiger partial charge is 0.386 e. The minimum Gasteiger partial charge on any atom is -0.386 e. The van der Waals surface area contributed by atoms with Crippen molar-refractivity contribution in [2.24, 2.45) is 0 Å². The standard InChI is InChI=1S/C19H22N6O/c1-12-16(13-10-15(20-2)17(23-11-13)19(26)22-4)24-25(18(12)21-3)14-8-6-5-7-9-14/h5-11,20-21H,1-4H3,(H,22,26). The van der Waals surface area contributed by atoms with E-state index in [4.69, 9.17) is 5.10 Å². The molecule has 3 N–H and O–H groups in total. The van der Waals surface area contributed by atoms with Crippen molar-refractivity contribution in [2.45, 2.75) is 6.92 Å². The lowest BCUT2D eigenvalue weighted by atomic mass is 10.1. The zero-order valence-electron chi connectivity index (χ0n) is 15.3. The Bertz CT molecular complexity index is 933. The fraction of sp³-hybridized carbons (Fsp3) is 0.211. The van der Waals surface area contributed by atoms with E-state index in [-0.39, 0.29) is 5.91 Å². The molecule has 0 unspecified atom stereocenters. The Hall–Kier alpha value is -3.35. The van der Waals surface area contributed by atoms with Crippen LogP contribution in [0.1, 0.15) is 16.1 Å². The Morgan fingerprint density at radius 3 is 2.42 bits per heavy atom. The highest BCUT2D eigenvalue weighted by Crippen LogP contribution is 2.31. The summed E-state index contributed by atoms with van der Waals surface area (Å²) in [5.41, 5.74) is 4.63. The molecular formula is C19H22N6O. The zero-order valence-corrected chi connectivity index (χ0v) is 15.3. The average Bonchev–Trinajstić information content (AvgIpc) is 3.03. The van der Waals surface area contributed by atoms with Gasteiger partial charge in [0.1, 0.15) is 5.82 Å². The van der Waals surface area contributed by atoms with Crippen LogP contribution >= 0.6 is 0 Å². The predicted molar refractivity (Wildman–Crippen MR) is 104 cm³/mol. The van der Waals surface area contributed by atoms with E-state index in [1.807, 2.05) is 55.1 Å². The van der Waals surface area contributed by atoms with Gasteiger partial charge >= 0.3 is 0 Å². The van der Waals surface area contributed by atoms with Crippen LogP contribution in [0.3, 0.4) is 0 Å². The van der Waals surface area contributed by atoms with Crippen LogP contribution in [-0.4, -0.2) is 41.8 Å². The Morgan fingerprint density at radius 2 is 1.81 bits per heavy atom. The van der Waals surface area contributed by atoms with Gasteiger partial charge < -0.3 is 16.0 Å². The van der Waals surface area contributed by atoms with Gasteiger partial charge in [-0.15, -0.1) is 0 Å². The topological polar surface area (TPSA) is 83.9 Å². The van der Waals surface area contributed by atoms with Crippen LogP contribution in [-0.2, 0) is 0 Å². The highest BCUT2D eigenvalue weighted by Gasteiger charge is 2.19. The molecule has 2 heterocycles. The molecule has 0 saturated carbocycles. The summed E-state index contributed by atoms with van der Waals surface area (Å²) in [6.45, 7) is 2.01. The molecule has 0 bridgehead atoms. The zero-order chi connectivity index (χ0) is 18.7. The van der Waals surface area contributed by atoms with Gasteiger partial charge in [0, 0.05) is 38.5 Å². The highest BCUT2D eigenvalue weighted by atomic mass is 16.1. The van der Waals surface area contributed by atoms with Crippen molar-refractivity contribution in [2.75, 3.05) is 31.8 Å². The van der Waals surface area contributed by atoms with Gasteiger partial charge in [0.2, 0.25) is 0 Å². The first-order valence-electron chi connectivity index (χ1n) is 8.33. The second-order valence-corrected chi connectivity index (χ2v) is 5.77. The minimum atomic E-state index is -0.233. The third-order valence-electron chi connectivity index (χ3n) is 4.23. The predicted octanol–water partition coefficient (Wildman–Crippen LogP) is 2.69. The van der Waals surface area contributed by atoms with Gasteiger partial charge in [-0.25, -0.2) is 9.67 Å². The van der Waals surface area contributed by atoms with Crippen LogP contribution in [0.25, 0.3) is 16.9 Å². The quantitative estimate of drug-likeness (QED) is 0.659. The maximum absolute atomic E-state index is 12.0. The molecule has 0 saturated heterocycles. The highest BCUT2D eigenvalue weighted by molar-refractivity contribution is 5.98. The molecule has 3 rings (SSSR count). The van der Waals surface area contributed by atoms with E-state index in [1.54, 1.807) is 20.3 Å². The number of para-hydroxylation sites is 1. The molecule has 1 amide bonds. The number of anilines is 2. The number of benzene rings is 1. The monoisotopic (exact) mass is 350 g/mol. The van der Waals surface area contributed by atoms with Crippen molar-refractivity contribution in [1.82, 2.24) is 20.1 Å². The van der Waals surface area contributed by atoms with Crippen LogP contribution in [0.4, 0.5) is 11.5 Å². The van der Waals surface area contributed by atoms with Crippen LogP contribution in [0, 0.1) is 6.92 Å². The number of hydrogen-bond acceptors (Lipinski definition) is 5. The van der Waals surface area contributed by atoms with Gasteiger partial charge in [0.25, 0.3) is 5.91 Å². The van der Waals surface area contributed by atoms with E-state index < -0.39 is 0 Å². The van der Waals surface area contributed by atoms with E-state index in [1.165, 1.54) is 0 Å². The summed E-state index contributed by atoms with van der Waals surface area (Å²) in [4.78, 5) is 16.3. The van der Waals surface area contributed by atoms with Crippen LogP contribution < -0.4 is 16.0 Å². The van der Waals surface area contributed by atoms with Gasteiger partial charge in [-0.2, -0.15) is 5.10 Å². The molecule has 0 atom stereocenters. The number of nitrogens with one attached hydrogen (secondary N) is 3. The van der Waals surface area contributed by atoms with E-state index in [2.05, 4.69) is 20.9 Å². The number of aromatic nitrogens is 3. The molecule has 0 aliphatic heterocycles. The average molecular weight is 350 g/mol. The summed E-state index contributed by atoms with van der Waals surface area (Å²) in [5.74, 6) is 0.677. The van der Waals surface area contributed by atoms with Gasteiger partial charge in [0.15, 0.2) is 5.69 Å². The molecule has 0 fully saturated rings. The summed E-state index contributed by atoms with van der Waals surface area (Å²) in [6.07, 6.45) is 1.68. The first-order chi connectivity index (χ1) is 12.6. The number of amides is 1. The molecule has 26 heavy (non-hydrogen) atoms. The van der Waals surface area contributed by atoms with Gasteiger partial charge in [0.05, 0.1) is 17.1 Å². The fourth-order valence-corrected chi connectivity index (χ4v) is 2.90. The maximum Gasteiger partial charge on any atom is 0.271 e. The first kappa shape index (κ1) is 17.5. The second kappa shape index (κ2) is 7.26. The lowest BCUT2D eigenvalue weighted by Crippen LogP contribution is -2.20. The fourth-order valence-electron chi connectivity index (χ4n) is 2.90. The maximum atomic E-state index is 12.0. The Morgan fingerprint density at radius 1 is 1.08 bits per heavy atom. The number of pyridine rings is 1. The van der Waals surface area contributed by atoms with Crippen molar-refractivity contribution in [3.63, 3.8) is 0 Å². The van der Waals surface area contributed by atoms with E-state index in [0.29, 0.717) is 11.4 Å². The molecule has 0 aliphatic carbocycles. The summed E-state index contributed by atoms with van der Waals surface area (Å²) >= 11 is 0. The van der Waals surface area contributed by atoms with E-state index >= 15 is 0 Å². The van der Waals surface area contributed by atoms with Crippen molar-refractivity contribution in [3.05, 3.63) is 53.9 Å². The van der Waals surface area contributed by atoms with Crippen molar-refractivity contribution in [1.29, 1.82) is 0 Å². The first-order valence-corrected chi connectivity index (χ1v) is 8.33. The molecular weight excluding hydrogens is 328 g/mol. The molecule has 1 aromatic carbocycles. The normalized spacial score (nSPS) is 10.5. The molecule has 0 radical (unpaired) electrons. The van der Waals surface area contributed by atoms with Crippen LogP contribution in [0.5, 0.6) is 0 Å². The number of hydrogen-bond donors (Lipinski definition) is 3. The number of carbonyl (C=O) groups is 1. The summed E-state index contributed by atoms with van der Waals surface area (Å²) in [7, 11) is 5.23. The number of rotatable bonds is 5. The van der Waals surface area contributed by atoms with Gasteiger partial charge in [-0.1, -0.05) is 18.2 Å². The number of carbonyl (C=O) groups excluding carboxylic acids is 1. The molecule has 7 heteroatoms. The molecule has 134 valence electrons. The Labute approximate surface area is 152 Å². The van der Waals surface area contributed by atoms with Crippen molar-refractivity contribution >= 4 is 17.4 Å². The molecule has 2 aromatic heterocycles.